The van der Waals surface area contributed by atoms with Crippen molar-refractivity contribution in [3.63, 3.8) is 0 Å². The van der Waals surface area contributed by atoms with Crippen molar-refractivity contribution in [2.24, 2.45) is 0 Å². The van der Waals surface area contributed by atoms with Crippen LogP contribution < -0.4 is 10.2 Å². The van der Waals surface area contributed by atoms with Gasteiger partial charge in [0, 0.05) is 44.8 Å². The van der Waals surface area contributed by atoms with E-state index >= 15 is 0 Å². The van der Waals surface area contributed by atoms with Crippen molar-refractivity contribution < 1.29 is 24.0 Å². The van der Waals surface area contributed by atoms with Gasteiger partial charge in [0.2, 0.25) is 23.4 Å². The second kappa shape index (κ2) is 6.65. The molecule has 5 rings (SSSR count). The first kappa shape index (κ1) is 18.8. The minimum absolute atomic E-state index is 0.0771. The zero-order valence-electron chi connectivity index (χ0n) is 16.4. The van der Waals surface area contributed by atoms with Crippen LogP contribution in [-0.2, 0) is 19.2 Å². The number of carbonyl (C=O) groups excluding carboxylic acids is 5. The van der Waals surface area contributed by atoms with Gasteiger partial charge >= 0.3 is 0 Å². The maximum Gasteiger partial charge on any atom is 0.267 e. The predicted octanol–water partition coefficient (Wildman–Crippen LogP) is 0.393. The zero-order valence-corrected chi connectivity index (χ0v) is 16.4. The van der Waals surface area contributed by atoms with Crippen molar-refractivity contribution in [3.05, 3.63) is 29.8 Å². The summed E-state index contributed by atoms with van der Waals surface area (Å²) in [5.41, 5.74) is -0.513. The summed E-state index contributed by atoms with van der Waals surface area (Å²) in [7, 11) is 0. The molecular formula is C21H22N4O5. The molecule has 0 spiro atoms. The van der Waals surface area contributed by atoms with Crippen LogP contribution in [0, 0.1) is 0 Å². The number of nitrogens with one attached hydrogen (secondary N) is 1. The SMILES string of the molecule is O=C1CCC(=O)N1CCNC(=O)[C@@]12CCC(=O)N1c1ccccc1C(=O)N2C1CC1. The van der Waals surface area contributed by atoms with Crippen LogP contribution in [-0.4, -0.2) is 64.1 Å². The third-order valence-electron chi connectivity index (χ3n) is 6.35. The number of hydrogen-bond acceptors (Lipinski definition) is 5. The molecule has 1 N–H and O–H groups in total. The van der Waals surface area contributed by atoms with Crippen LogP contribution in [0.25, 0.3) is 0 Å². The van der Waals surface area contributed by atoms with E-state index < -0.39 is 11.6 Å². The lowest BCUT2D eigenvalue weighted by atomic mass is 9.95. The van der Waals surface area contributed by atoms with E-state index in [2.05, 4.69) is 5.32 Å². The standard InChI is InChI=1S/C21H22N4O5/c26-16-7-8-17(27)23(16)12-11-22-20(30)21-10-9-18(28)25(21)15-4-2-1-3-14(15)19(29)24(21)13-5-6-13/h1-4,13H,5-12H2,(H,22,30)/t21-/m1/s1. The minimum Gasteiger partial charge on any atom is -0.351 e. The van der Waals surface area contributed by atoms with Gasteiger partial charge in [0.15, 0.2) is 0 Å². The summed E-state index contributed by atoms with van der Waals surface area (Å²) in [4.78, 5) is 67.5. The average molecular weight is 410 g/mol. The molecule has 0 bridgehead atoms. The summed E-state index contributed by atoms with van der Waals surface area (Å²) in [6, 6.07) is 6.80. The number of fused-ring (bicyclic) bond motifs is 3. The molecule has 3 heterocycles. The Labute approximate surface area is 173 Å². The van der Waals surface area contributed by atoms with E-state index in [0.29, 0.717) is 11.3 Å². The molecule has 4 aliphatic rings. The smallest absolute Gasteiger partial charge is 0.267 e. The summed E-state index contributed by atoms with van der Waals surface area (Å²) < 4.78 is 0. The van der Waals surface area contributed by atoms with Crippen molar-refractivity contribution in [1.29, 1.82) is 0 Å². The van der Waals surface area contributed by atoms with E-state index in [1.165, 1.54) is 4.90 Å². The normalized spacial score (nSPS) is 25.7. The van der Waals surface area contributed by atoms with Gasteiger partial charge in [0.25, 0.3) is 11.8 Å². The van der Waals surface area contributed by atoms with E-state index in [4.69, 9.17) is 0 Å². The number of imide groups is 1. The van der Waals surface area contributed by atoms with Gasteiger partial charge in [-0.05, 0) is 25.0 Å². The molecule has 0 aromatic heterocycles. The number of likely N-dealkylation sites (tertiary alicyclic amines) is 1. The van der Waals surface area contributed by atoms with E-state index in [1.807, 2.05) is 0 Å². The molecule has 1 aromatic carbocycles. The Balaban J connectivity index is 1.46. The molecular weight excluding hydrogens is 388 g/mol. The maximum atomic E-state index is 13.5. The Bertz CT molecular complexity index is 971. The molecule has 3 fully saturated rings. The highest BCUT2D eigenvalue weighted by atomic mass is 16.2. The fourth-order valence-electron chi connectivity index (χ4n) is 4.84. The molecule has 0 radical (unpaired) electrons. The van der Waals surface area contributed by atoms with E-state index in [9.17, 15) is 24.0 Å². The second-order valence-corrected chi connectivity index (χ2v) is 8.16. The van der Waals surface area contributed by atoms with E-state index in [0.717, 1.165) is 17.7 Å². The lowest BCUT2D eigenvalue weighted by Crippen LogP contribution is -2.71. The van der Waals surface area contributed by atoms with E-state index in [1.54, 1.807) is 29.2 Å². The molecule has 3 aliphatic heterocycles. The fraction of sp³-hybridized carbons (Fsp3) is 0.476. The Morgan fingerprint density at radius 1 is 1.00 bits per heavy atom. The number of carbonyl (C=O) groups is 5. The topological polar surface area (TPSA) is 107 Å². The van der Waals surface area contributed by atoms with Gasteiger partial charge in [-0.3, -0.25) is 33.8 Å². The van der Waals surface area contributed by atoms with Gasteiger partial charge in [-0.2, -0.15) is 0 Å². The third kappa shape index (κ3) is 2.57. The summed E-state index contributed by atoms with van der Waals surface area (Å²) in [5, 5.41) is 2.79. The number of rotatable bonds is 5. The van der Waals surface area contributed by atoms with Crippen molar-refractivity contribution in [3.8, 4) is 0 Å². The first-order valence-electron chi connectivity index (χ1n) is 10.3. The summed E-state index contributed by atoms with van der Waals surface area (Å²) in [5.74, 6) is -1.36. The van der Waals surface area contributed by atoms with Crippen molar-refractivity contribution in [2.45, 2.75) is 50.2 Å². The third-order valence-corrected chi connectivity index (χ3v) is 6.35. The molecule has 9 heteroatoms. The molecule has 1 aromatic rings. The largest absolute Gasteiger partial charge is 0.351 e. The fourth-order valence-corrected chi connectivity index (χ4v) is 4.84. The van der Waals surface area contributed by atoms with Gasteiger partial charge in [-0.25, -0.2) is 0 Å². The van der Waals surface area contributed by atoms with Gasteiger partial charge in [-0.1, -0.05) is 12.1 Å². The van der Waals surface area contributed by atoms with E-state index in [-0.39, 0.29) is 68.4 Å². The average Bonchev–Trinajstić information content (AvgIpc) is 3.44. The summed E-state index contributed by atoms with van der Waals surface area (Å²) in [6.07, 6.45) is 2.36. The second-order valence-electron chi connectivity index (χ2n) is 8.16. The number of anilines is 1. The van der Waals surface area contributed by atoms with Crippen LogP contribution in [0.5, 0.6) is 0 Å². The first-order chi connectivity index (χ1) is 14.4. The molecule has 1 aliphatic carbocycles. The Morgan fingerprint density at radius 3 is 2.40 bits per heavy atom. The predicted molar refractivity (Wildman–Crippen MR) is 104 cm³/mol. The molecule has 1 atom stereocenters. The highest BCUT2D eigenvalue weighted by Gasteiger charge is 2.63. The van der Waals surface area contributed by atoms with Crippen LogP contribution in [0.2, 0.25) is 0 Å². The maximum absolute atomic E-state index is 13.5. The molecule has 30 heavy (non-hydrogen) atoms. The van der Waals surface area contributed by atoms with Crippen LogP contribution in [0.3, 0.4) is 0 Å². The monoisotopic (exact) mass is 410 g/mol. The molecule has 156 valence electrons. The highest BCUT2D eigenvalue weighted by molar-refractivity contribution is 6.16. The lowest BCUT2D eigenvalue weighted by molar-refractivity contribution is -0.139. The summed E-state index contributed by atoms with van der Waals surface area (Å²) >= 11 is 0. The molecule has 1 saturated carbocycles. The number of benzene rings is 1. The van der Waals surface area contributed by atoms with Gasteiger partial charge in [0.1, 0.15) is 0 Å². The number of nitrogens with zero attached hydrogens (tertiary/aromatic N) is 3. The van der Waals surface area contributed by atoms with Crippen LogP contribution in [0.15, 0.2) is 24.3 Å². The quantitative estimate of drug-likeness (QED) is 0.707. The van der Waals surface area contributed by atoms with Crippen molar-refractivity contribution >= 4 is 35.2 Å². The Kier molecular flexibility index (Phi) is 4.16. The molecule has 9 nitrogen and oxygen atoms in total. The van der Waals surface area contributed by atoms with Gasteiger partial charge in [-0.15, -0.1) is 0 Å². The Hall–Kier alpha value is -3.23. The zero-order chi connectivity index (χ0) is 21.0. The number of amides is 5. The van der Waals surface area contributed by atoms with Crippen molar-refractivity contribution in [1.82, 2.24) is 15.1 Å². The Morgan fingerprint density at radius 2 is 1.70 bits per heavy atom. The molecule has 2 saturated heterocycles. The lowest BCUT2D eigenvalue weighted by Gasteiger charge is -2.49. The first-order valence-corrected chi connectivity index (χ1v) is 10.3. The molecule has 0 unspecified atom stereocenters. The molecule has 5 amide bonds. The number of hydrogen-bond donors (Lipinski definition) is 1. The van der Waals surface area contributed by atoms with Crippen LogP contribution >= 0.6 is 0 Å². The van der Waals surface area contributed by atoms with Crippen molar-refractivity contribution in [2.75, 3.05) is 18.0 Å². The van der Waals surface area contributed by atoms with Gasteiger partial charge < -0.3 is 10.2 Å². The summed E-state index contributed by atoms with van der Waals surface area (Å²) in [6.45, 7) is 0.163. The number of para-hydroxylation sites is 1. The van der Waals surface area contributed by atoms with Gasteiger partial charge in [0.05, 0.1) is 11.3 Å². The highest BCUT2D eigenvalue weighted by Crippen LogP contribution is 2.48. The van der Waals surface area contributed by atoms with Crippen LogP contribution in [0.1, 0.15) is 48.9 Å². The minimum atomic E-state index is -1.40. The van der Waals surface area contributed by atoms with Crippen LogP contribution in [0.4, 0.5) is 5.69 Å².